The summed E-state index contributed by atoms with van der Waals surface area (Å²) in [6.07, 6.45) is 0. The molecule has 0 amide bonds. The van der Waals surface area contributed by atoms with Gasteiger partial charge in [0.2, 0.25) is 0 Å². The number of hydrogen-bond donors (Lipinski definition) is 3. The lowest BCUT2D eigenvalue weighted by atomic mass is 10.1. The predicted molar refractivity (Wildman–Crippen MR) is 58.6 cm³/mol. The monoisotopic (exact) mass is 204 g/mol. The normalized spacial score (nSPS) is 9.13. The average Bonchev–Trinajstić information content (AvgIpc) is 2.17. The molecule has 4 nitrogen and oxygen atoms in total. The van der Waals surface area contributed by atoms with Crippen LogP contribution in [0.4, 0.5) is 5.69 Å². The van der Waals surface area contributed by atoms with Gasteiger partial charge >= 0.3 is 5.97 Å². The van der Waals surface area contributed by atoms with E-state index in [1.807, 2.05) is 0 Å². The molecule has 0 saturated carbocycles. The Balaban J connectivity index is 2.93. The molecule has 0 fully saturated rings. The third-order valence-electron chi connectivity index (χ3n) is 1.78. The zero-order valence-electron chi connectivity index (χ0n) is 8.37. The maximum atomic E-state index is 10.7. The summed E-state index contributed by atoms with van der Waals surface area (Å²) in [5, 5.41) is 11.6. The van der Waals surface area contributed by atoms with Crippen LogP contribution in [-0.2, 0) is 0 Å². The molecule has 1 aromatic carbocycles. The molecule has 78 valence electrons. The lowest BCUT2D eigenvalue weighted by molar-refractivity contribution is 0.0698. The summed E-state index contributed by atoms with van der Waals surface area (Å²) in [5.74, 6) is 4.70. The SMILES string of the molecule is CNCC#Cc1ccc(C(=O)O)c(N)c1. The first kappa shape index (κ1) is 11.1. The highest BCUT2D eigenvalue weighted by atomic mass is 16.4. The molecular weight excluding hydrogens is 192 g/mol. The Morgan fingerprint density at radius 2 is 2.33 bits per heavy atom. The molecule has 0 bridgehead atoms. The summed E-state index contributed by atoms with van der Waals surface area (Å²) in [6.45, 7) is 0.584. The van der Waals surface area contributed by atoms with Gasteiger partial charge in [-0.05, 0) is 25.2 Å². The molecular formula is C11H12N2O2. The van der Waals surface area contributed by atoms with Crippen molar-refractivity contribution in [2.45, 2.75) is 0 Å². The highest BCUT2D eigenvalue weighted by Crippen LogP contribution is 2.13. The molecule has 0 aromatic heterocycles. The van der Waals surface area contributed by atoms with E-state index in [1.165, 1.54) is 6.07 Å². The Morgan fingerprint density at radius 3 is 2.87 bits per heavy atom. The van der Waals surface area contributed by atoms with Crippen molar-refractivity contribution in [2.75, 3.05) is 19.3 Å². The predicted octanol–water partition coefficient (Wildman–Crippen LogP) is 0.538. The lowest BCUT2D eigenvalue weighted by Crippen LogP contribution is -2.04. The molecule has 1 aromatic rings. The van der Waals surface area contributed by atoms with E-state index in [9.17, 15) is 4.79 Å². The van der Waals surface area contributed by atoms with Crippen LogP contribution in [0.25, 0.3) is 0 Å². The average molecular weight is 204 g/mol. The summed E-state index contributed by atoms with van der Waals surface area (Å²) in [4.78, 5) is 10.7. The molecule has 0 heterocycles. The highest BCUT2D eigenvalue weighted by molar-refractivity contribution is 5.93. The molecule has 0 saturated heterocycles. The van der Waals surface area contributed by atoms with Gasteiger partial charge < -0.3 is 16.2 Å². The number of carbonyl (C=O) groups is 1. The van der Waals surface area contributed by atoms with Crippen LogP contribution < -0.4 is 11.1 Å². The minimum absolute atomic E-state index is 0.106. The van der Waals surface area contributed by atoms with E-state index in [4.69, 9.17) is 10.8 Å². The van der Waals surface area contributed by atoms with Crippen LogP contribution in [0.15, 0.2) is 18.2 Å². The standard InChI is InChI=1S/C11H12N2O2/c1-13-6-2-3-8-4-5-9(11(14)15)10(12)7-8/h4-5,7,13H,6,12H2,1H3,(H,14,15). The molecule has 0 aliphatic rings. The second-order valence-electron chi connectivity index (χ2n) is 2.94. The van der Waals surface area contributed by atoms with E-state index in [2.05, 4.69) is 17.2 Å². The molecule has 4 N–H and O–H groups in total. The minimum Gasteiger partial charge on any atom is -0.478 e. The van der Waals surface area contributed by atoms with Crippen LogP contribution in [0.3, 0.4) is 0 Å². The van der Waals surface area contributed by atoms with E-state index in [-0.39, 0.29) is 11.3 Å². The number of nitrogens with two attached hydrogens (primary N) is 1. The molecule has 0 radical (unpaired) electrons. The molecule has 0 unspecified atom stereocenters. The van der Waals surface area contributed by atoms with Gasteiger partial charge in [0.25, 0.3) is 0 Å². The first-order chi connectivity index (χ1) is 7.15. The molecule has 1 rings (SSSR count). The third kappa shape index (κ3) is 3.01. The van der Waals surface area contributed by atoms with Crippen molar-refractivity contribution >= 4 is 11.7 Å². The van der Waals surface area contributed by atoms with Gasteiger partial charge in [-0.25, -0.2) is 4.79 Å². The fourth-order valence-corrected chi connectivity index (χ4v) is 1.07. The van der Waals surface area contributed by atoms with Crippen molar-refractivity contribution in [2.24, 2.45) is 0 Å². The molecule has 0 spiro atoms. The first-order valence-corrected chi connectivity index (χ1v) is 4.41. The zero-order chi connectivity index (χ0) is 11.3. The van der Waals surface area contributed by atoms with Crippen LogP contribution in [-0.4, -0.2) is 24.7 Å². The number of hydrogen-bond acceptors (Lipinski definition) is 3. The number of nitrogen functional groups attached to an aromatic ring is 1. The lowest BCUT2D eigenvalue weighted by Gasteiger charge is -2.00. The second kappa shape index (κ2) is 5.03. The van der Waals surface area contributed by atoms with Gasteiger partial charge in [-0.1, -0.05) is 11.8 Å². The maximum Gasteiger partial charge on any atom is 0.337 e. The minimum atomic E-state index is -1.03. The number of carboxylic acids is 1. The summed E-state index contributed by atoms with van der Waals surface area (Å²) in [6, 6.07) is 4.66. The summed E-state index contributed by atoms with van der Waals surface area (Å²) >= 11 is 0. The smallest absolute Gasteiger partial charge is 0.337 e. The Labute approximate surface area is 88.1 Å². The van der Waals surface area contributed by atoms with E-state index in [1.54, 1.807) is 19.2 Å². The molecule has 0 aliphatic carbocycles. The van der Waals surface area contributed by atoms with Crippen LogP contribution >= 0.6 is 0 Å². The summed E-state index contributed by atoms with van der Waals surface area (Å²) in [7, 11) is 1.80. The van der Waals surface area contributed by atoms with E-state index in [0.29, 0.717) is 12.1 Å². The zero-order valence-corrected chi connectivity index (χ0v) is 8.37. The topological polar surface area (TPSA) is 75.3 Å². The van der Waals surface area contributed by atoms with Gasteiger partial charge in [-0.2, -0.15) is 0 Å². The number of benzene rings is 1. The van der Waals surface area contributed by atoms with Gasteiger partial charge in [0, 0.05) is 11.3 Å². The molecule has 4 heteroatoms. The summed E-state index contributed by atoms with van der Waals surface area (Å²) < 4.78 is 0. The number of rotatable bonds is 2. The fraction of sp³-hybridized carbons (Fsp3) is 0.182. The second-order valence-corrected chi connectivity index (χ2v) is 2.94. The van der Waals surface area contributed by atoms with E-state index >= 15 is 0 Å². The first-order valence-electron chi connectivity index (χ1n) is 4.41. The van der Waals surface area contributed by atoms with Crippen LogP contribution in [0, 0.1) is 11.8 Å². The largest absolute Gasteiger partial charge is 0.478 e. The fourth-order valence-electron chi connectivity index (χ4n) is 1.07. The van der Waals surface area contributed by atoms with E-state index in [0.717, 1.165) is 0 Å². The third-order valence-corrected chi connectivity index (χ3v) is 1.78. The van der Waals surface area contributed by atoms with Crippen molar-refractivity contribution in [3.63, 3.8) is 0 Å². The summed E-state index contributed by atoms with van der Waals surface area (Å²) in [5.41, 5.74) is 6.62. The van der Waals surface area contributed by atoms with Crippen molar-refractivity contribution in [1.29, 1.82) is 0 Å². The van der Waals surface area contributed by atoms with Gasteiger partial charge in [0.1, 0.15) is 0 Å². The van der Waals surface area contributed by atoms with Gasteiger partial charge in [-0.15, -0.1) is 0 Å². The van der Waals surface area contributed by atoms with Gasteiger partial charge in [-0.3, -0.25) is 0 Å². The van der Waals surface area contributed by atoms with Crippen LogP contribution in [0.2, 0.25) is 0 Å². The Morgan fingerprint density at radius 1 is 1.60 bits per heavy atom. The van der Waals surface area contributed by atoms with Crippen LogP contribution in [0.5, 0.6) is 0 Å². The number of anilines is 1. The van der Waals surface area contributed by atoms with Crippen molar-refractivity contribution in [1.82, 2.24) is 5.32 Å². The van der Waals surface area contributed by atoms with Crippen molar-refractivity contribution < 1.29 is 9.90 Å². The Hall–Kier alpha value is -1.99. The van der Waals surface area contributed by atoms with Crippen LogP contribution in [0.1, 0.15) is 15.9 Å². The highest BCUT2D eigenvalue weighted by Gasteiger charge is 2.06. The quantitative estimate of drug-likeness (QED) is 0.485. The number of aromatic carboxylic acids is 1. The number of nitrogens with one attached hydrogen (secondary N) is 1. The molecule has 0 aliphatic heterocycles. The number of carboxylic acid groups (broad SMARTS) is 1. The maximum absolute atomic E-state index is 10.7. The molecule has 15 heavy (non-hydrogen) atoms. The Kier molecular flexibility index (Phi) is 3.72. The Bertz CT molecular complexity index is 430. The van der Waals surface area contributed by atoms with Crippen molar-refractivity contribution in [3.8, 4) is 11.8 Å². The van der Waals surface area contributed by atoms with E-state index < -0.39 is 5.97 Å². The van der Waals surface area contributed by atoms with Crippen molar-refractivity contribution in [3.05, 3.63) is 29.3 Å². The van der Waals surface area contributed by atoms with Gasteiger partial charge in [0.05, 0.1) is 12.1 Å². The van der Waals surface area contributed by atoms with Gasteiger partial charge in [0.15, 0.2) is 0 Å². The molecule has 0 atom stereocenters.